The molecule has 0 saturated heterocycles. The van der Waals surface area contributed by atoms with Gasteiger partial charge in [-0.15, -0.1) is 0 Å². The van der Waals surface area contributed by atoms with Gasteiger partial charge >= 0.3 is 5.97 Å². The van der Waals surface area contributed by atoms with Crippen molar-refractivity contribution in [2.24, 2.45) is 0 Å². The van der Waals surface area contributed by atoms with E-state index in [1.54, 1.807) is 6.92 Å². The Kier molecular flexibility index (Phi) is 3.63. The molecule has 1 rings (SSSR count). The van der Waals surface area contributed by atoms with Gasteiger partial charge in [0.2, 0.25) is 0 Å². The van der Waals surface area contributed by atoms with Gasteiger partial charge in [-0.25, -0.2) is 4.79 Å². The molecule has 0 heterocycles. The normalized spacial score (nSPS) is 12.1. The van der Waals surface area contributed by atoms with Crippen LogP contribution in [0.3, 0.4) is 0 Å². The molecular weight excluding hydrogens is 212 g/mol. The van der Waals surface area contributed by atoms with Gasteiger partial charge in [0.25, 0.3) is 0 Å². The largest absolute Gasteiger partial charge is 0.507 e. The Balaban J connectivity index is 3.33. The van der Waals surface area contributed by atoms with Crippen LogP contribution in [0.25, 0.3) is 0 Å². The quantitative estimate of drug-likeness (QED) is 0.666. The van der Waals surface area contributed by atoms with Crippen molar-refractivity contribution >= 4 is 11.8 Å². The molecule has 16 heavy (non-hydrogen) atoms. The zero-order chi connectivity index (χ0) is 12.3. The number of carboxylic acid groups (broad SMARTS) is 1. The van der Waals surface area contributed by atoms with Crippen molar-refractivity contribution < 1.29 is 24.9 Å². The van der Waals surface area contributed by atoms with E-state index >= 15 is 0 Å². The van der Waals surface area contributed by atoms with Gasteiger partial charge in [0.05, 0.1) is 5.56 Å². The van der Waals surface area contributed by atoms with Crippen LogP contribution in [0, 0.1) is 0 Å². The summed E-state index contributed by atoms with van der Waals surface area (Å²) in [6.07, 6.45) is -1.69. The molecule has 0 aliphatic carbocycles. The number of phenols is 1. The number of phenolic OH excluding ortho intramolecular Hbond substituents is 1. The number of aliphatic hydroxyl groups is 1. The number of benzene rings is 1. The highest BCUT2D eigenvalue weighted by Gasteiger charge is 2.24. The van der Waals surface area contributed by atoms with Gasteiger partial charge < -0.3 is 15.3 Å². The summed E-state index contributed by atoms with van der Waals surface area (Å²) in [5.41, 5.74) is -0.209. The first-order valence-electron chi connectivity index (χ1n) is 4.75. The molecule has 0 fully saturated rings. The molecule has 0 aliphatic heterocycles. The molecule has 1 unspecified atom stereocenters. The Bertz CT molecular complexity index is 424. The maximum Gasteiger partial charge on any atom is 0.337 e. The third-order valence-electron chi connectivity index (χ3n) is 2.20. The molecule has 0 aromatic heterocycles. The summed E-state index contributed by atoms with van der Waals surface area (Å²) in [4.78, 5) is 22.1. The lowest BCUT2D eigenvalue weighted by Crippen LogP contribution is -2.15. The van der Waals surface area contributed by atoms with Crippen LogP contribution in [-0.2, 0) is 4.79 Å². The molecule has 0 bridgehead atoms. The van der Waals surface area contributed by atoms with Gasteiger partial charge in [-0.1, -0.05) is 19.1 Å². The number of hydrogen-bond donors (Lipinski definition) is 3. The number of aromatic hydroxyl groups is 1. The maximum atomic E-state index is 11.5. The molecule has 0 amide bonds. The molecule has 5 nitrogen and oxygen atoms in total. The summed E-state index contributed by atoms with van der Waals surface area (Å²) in [6, 6.07) is 3.96. The molecule has 5 heteroatoms. The van der Waals surface area contributed by atoms with Crippen LogP contribution in [0.15, 0.2) is 18.2 Å². The molecule has 1 aromatic rings. The van der Waals surface area contributed by atoms with E-state index in [4.69, 9.17) is 5.11 Å². The first-order chi connectivity index (χ1) is 7.49. The van der Waals surface area contributed by atoms with Crippen molar-refractivity contribution in [2.45, 2.75) is 19.4 Å². The summed E-state index contributed by atoms with van der Waals surface area (Å²) >= 11 is 0. The number of ketones is 1. The molecule has 0 saturated carbocycles. The molecule has 3 N–H and O–H groups in total. The highest BCUT2D eigenvalue weighted by Crippen LogP contribution is 2.27. The number of carbonyl (C=O) groups excluding carboxylic acids is 1. The Morgan fingerprint density at radius 3 is 2.50 bits per heavy atom. The molecule has 0 spiro atoms. The zero-order valence-corrected chi connectivity index (χ0v) is 8.67. The lowest BCUT2D eigenvalue weighted by atomic mass is 9.97. The van der Waals surface area contributed by atoms with E-state index in [1.165, 1.54) is 18.2 Å². The topological polar surface area (TPSA) is 94.8 Å². The van der Waals surface area contributed by atoms with E-state index in [1.807, 2.05) is 0 Å². The van der Waals surface area contributed by atoms with Crippen molar-refractivity contribution in [2.75, 3.05) is 0 Å². The minimum atomic E-state index is -1.81. The summed E-state index contributed by atoms with van der Waals surface area (Å²) in [5.74, 6) is -2.19. The van der Waals surface area contributed by atoms with E-state index in [0.717, 1.165) is 0 Å². The van der Waals surface area contributed by atoms with E-state index in [0.29, 0.717) is 0 Å². The number of rotatable bonds is 4. The van der Waals surface area contributed by atoms with Crippen LogP contribution in [0.5, 0.6) is 5.75 Å². The van der Waals surface area contributed by atoms with E-state index in [2.05, 4.69) is 0 Å². The van der Waals surface area contributed by atoms with Crippen LogP contribution in [-0.4, -0.2) is 27.1 Å². The Morgan fingerprint density at radius 2 is 2.00 bits per heavy atom. The predicted octanol–water partition coefficient (Wildman–Crippen LogP) is 1.10. The minimum Gasteiger partial charge on any atom is -0.507 e. The van der Waals surface area contributed by atoms with Crippen LogP contribution >= 0.6 is 0 Å². The van der Waals surface area contributed by atoms with Gasteiger partial charge in [-0.05, 0) is 6.07 Å². The van der Waals surface area contributed by atoms with Gasteiger partial charge in [0, 0.05) is 12.0 Å². The Morgan fingerprint density at radius 1 is 1.38 bits per heavy atom. The monoisotopic (exact) mass is 224 g/mol. The fourth-order valence-corrected chi connectivity index (χ4v) is 1.40. The predicted molar refractivity (Wildman–Crippen MR) is 55.3 cm³/mol. The number of Topliss-reactive ketones (excluding diaryl/α,β-unsaturated/α-hetero) is 1. The van der Waals surface area contributed by atoms with Gasteiger partial charge in [-0.3, -0.25) is 4.79 Å². The number of carbonyl (C=O) groups is 2. The summed E-state index contributed by atoms with van der Waals surface area (Å²) in [5, 5.41) is 27.5. The fourth-order valence-electron chi connectivity index (χ4n) is 1.40. The van der Waals surface area contributed by atoms with Crippen molar-refractivity contribution in [3.05, 3.63) is 29.3 Å². The summed E-state index contributed by atoms with van der Waals surface area (Å²) < 4.78 is 0. The third-order valence-corrected chi connectivity index (χ3v) is 2.20. The fraction of sp³-hybridized carbons (Fsp3) is 0.273. The smallest absolute Gasteiger partial charge is 0.337 e. The third kappa shape index (κ3) is 2.20. The number of hydrogen-bond acceptors (Lipinski definition) is 4. The zero-order valence-electron chi connectivity index (χ0n) is 8.67. The van der Waals surface area contributed by atoms with Crippen molar-refractivity contribution in [3.8, 4) is 5.75 Å². The van der Waals surface area contributed by atoms with Gasteiger partial charge in [-0.2, -0.15) is 0 Å². The first kappa shape index (κ1) is 12.2. The van der Waals surface area contributed by atoms with Crippen molar-refractivity contribution in [3.63, 3.8) is 0 Å². The first-order valence-corrected chi connectivity index (χ1v) is 4.75. The maximum absolute atomic E-state index is 11.5. The van der Waals surface area contributed by atoms with Crippen molar-refractivity contribution in [1.82, 2.24) is 0 Å². The number of aliphatic carboxylic acids is 1. The SMILES string of the molecule is CCC(=O)c1c(O)cccc1C(O)C(=O)O. The molecule has 1 atom stereocenters. The van der Waals surface area contributed by atoms with Crippen LogP contribution in [0.4, 0.5) is 0 Å². The highest BCUT2D eigenvalue weighted by molar-refractivity contribution is 6.01. The van der Waals surface area contributed by atoms with Crippen LogP contribution in [0.1, 0.15) is 35.4 Å². The van der Waals surface area contributed by atoms with Crippen LogP contribution in [0.2, 0.25) is 0 Å². The molecule has 1 aromatic carbocycles. The standard InChI is InChI=1S/C11H12O5/c1-2-7(12)9-6(10(14)11(15)16)4-3-5-8(9)13/h3-5,10,13-14H,2H2,1H3,(H,15,16). The van der Waals surface area contributed by atoms with Gasteiger partial charge in [0.1, 0.15) is 5.75 Å². The second-order valence-electron chi connectivity index (χ2n) is 3.26. The average molecular weight is 224 g/mol. The lowest BCUT2D eigenvalue weighted by molar-refractivity contribution is -0.146. The number of carboxylic acids is 1. The molecule has 86 valence electrons. The van der Waals surface area contributed by atoms with E-state index < -0.39 is 17.9 Å². The Hall–Kier alpha value is -1.88. The highest BCUT2D eigenvalue weighted by atomic mass is 16.4. The van der Waals surface area contributed by atoms with Gasteiger partial charge in [0.15, 0.2) is 11.9 Å². The van der Waals surface area contributed by atoms with E-state index in [9.17, 15) is 19.8 Å². The summed E-state index contributed by atoms with van der Waals surface area (Å²) in [6.45, 7) is 1.59. The van der Waals surface area contributed by atoms with Crippen molar-refractivity contribution in [1.29, 1.82) is 0 Å². The summed E-state index contributed by atoms with van der Waals surface area (Å²) in [7, 11) is 0. The Labute approximate surface area is 92.0 Å². The van der Waals surface area contributed by atoms with E-state index in [-0.39, 0.29) is 23.3 Å². The second kappa shape index (κ2) is 4.76. The second-order valence-corrected chi connectivity index (χ2v) is 3.26. The molecule has 0 radical (unpaired) electrons. The molecule has 0 aliphatic rings. The molecular formula is C11H12O5. The minimum absolute atomic E-state index is 0.0839. The lowest BCUT2D eigenvalue weighted by Gasteiger charge is -2.12. The van der Waals surface area contributed by atoms with Crippen LogP contribution < -0.4 is 0 Å². The average Bonchev–Trinajstić information content (AvgIpc) is 2.26. The number of aliphatic hydroxyl groups excluding tert-OH is 1.